The Morgan fingerprint density at radius 3 is 2.42 bits per heavy atom. The van der Waals surface area contributed by atoms with Crippen LogP contribution < -0.4 is 9.47 Å². The summed E-state index contributed by atoms with van der Waals surface area (Å²) < 4.78 is 11.2. The average molecular weight is 264 g/mol. The van der Waals surface area contributed by atoms with Gasteiger partial charge in [-0.1, -0.05) is 18.9 Å². The first-order valence-corrected chi connectivity index (χ1v) is 7.33. The Kier molecular flexibility index (Phi) is 5.08. The summed E-state index contributed by atoms with van der Waals surface area (Å²) in [5, 5.41) is 10.1. The van der Waals surface area contributed by atoms with Gasteiger partial charge in [0.25, 0.3) is 0 Å². The Bertz CT molecular complexity index is 403. The molecule has 1 N–H and O–H groups in total. The zero-order valence-corrected chi connectivity index (χ0v) is 11.9. The third-order valence-electron chi connectivity index (χ3n) is 3.73. The van der Waals surface area contributed by atoms with E-state index in [1.54, 1.807) is 0 Å². The summed E-state index contributed by atoms with van der Waals surface area (Å²) in [6, 6.07) is 6.06. The van der Waals surface area contributed by atoms with Crippen molar-refractivity contribution in [1.29, 1.82) is 0 Å². The number of ether oxygens (including phenoxy) is 2. The third-order valence-corrected chi connectivity index (χ3v) is 3.73. The molecule has 19 heavy (non-hydrogen) atoms. The molecule has 2 unspecified atom stereocenters. The molecule has 0 saturated heterocycles. The molecule has 1 aromatic carbocycles. The van der Waals surface area contributed by atoms with Gasteiger partial charge in [0, 0.05) is 5.92 Å². The maximum absolute atomic E-state index is 10.1. The third kappa shape index (κ3) is 3.41. The summed E-state index contributed by atoms with van der Waals surface area (Å²) in [5.41, 5.74) is 1.17. The monoisotopic (exact) mass is 264 g/mol. The van der Waals surface area contributed by atoms with Gasteiger partial charge in [-0.3, -0.25) is 0 Å². The van der Waals surface area contributed by atoms with Crippen molar-refractivity contribution in [2.24, 2.45) is 0 Å². The standard InChI is InChI=1S/C16H24O3/c1-3-18-15-10-9-12(11-16(15)19-4-2)13-7-5-6-8-14(13)17/h9-11,13-14,17H,3-8H2,1-2H3. The van der Waals surface area contributed by atoms with Gasteiger partial charge in [0.2, 0.25) is 0 Å². The van der Waals surface area contributed by atoms with Crippen LogP contribution in [0.1, 0.15) is 51.0 Å². The number of aliphatic hydroxyl groups is 1. The van der Waals surface area contributed by atoms with E-state index in [9.17, 15) is 5.11 Å². The molecule has 1 aliphatic carbocycles. The summed E-state index contributed by atoms with van der Waals surface area (Å²) >= 11 is 0. The smallest absolute Gasteiger partial charge is 0.161 e. The minimum absolute atomic E-state index is 0.221. The van der Waals surface area contributed by atoms with E-state index in [2.05, 4.69) is 6.07 Å². The molecule has 3 nitrogen and oxygen atoms in total. The van der Waals surface area contributed by atoms with E-state index >= 15 is 0 Å². The quantitative estimate of drug-likeness (QED) is 0.884. The van der Waals surface area contributed by atoms with Crippen LogP contribution in [0.4, 0.5) is 0 Å². The van der Waals surface area contributed by atoms with Crippen molar-refractivity contribution in [3.05, 3.63) is 23.8 Å². The number of aliphatic hydroxyl groups excluding tert-OH is 1. The van der Waals surface area contributed by atoms with E-state index in [-0.39, 0.29) is 12.0 Å². The number of benzene rings is 1. The zero-order valence-electron chi connectivity index (χ0n) is 11.9. The van der Waals surface area contributed by atoms with E-state index in [0.29, 0.717) is 13.2 Å². The van der Waals surface area contributed by atoms with Gasteiger partial charge in [-0.2, -0.15) is 0 Å². The van der Waals surface area contributed by atoms with Gasteiger partial charge in [-0.05, 0) is 44.4 Å². The van der Waals surface area contributed by atoms with Crippen molar-refractivity contribution in [3.63, 3.8) is 0 Å². The second kappa shape index (κ2) is 6.80. The topological polar surface area (TPSA) is 38.7 Å². The van der Waals surface area contributed by atoms with Crippen LogP contribution in [0.3, 0.4) is 0 Å². The maximum atomic E-state index is 10.1. The SMILES string of the molecule is CCOc1ccc(C2CCCCC2O)cc1OCC. The Morgan fingerprint density at radius 2 is 1.74 bits per heavy atom. The molecule has 0 radical (unpaired) electrons. The molecule has 0 bridgehead atoms. The van der Waals surface area contributed by atoms with E-state index in [1.807, 2.05) is 26.0 Å². The van der Waals surface area contributed by atoms with Gasteiger partial charge in [-0.25, -0.2) is 0 Å². The molecule has 0 aromatic heterocycles. The molecule has 2 atom stereocenters. The highest BCUT2D eigenvalue weighted by molar-refractivity contribution is 5.44. The second-order valence-corrected chi connectivity index (χ2v) is 5.03. The molecule has 3 heteroatoms. The van der Waals surface area contributed by atoms with Crippen LogP contribution in [0.15, 0.2) is 18.2 Å². The number of hydrogen-bond acceptors (Lipinski definition) is 3. The van der Waals surface area contributed by atoms with Gasteiger partial charge in [0.05, 0.1) is 19.3 Å². The van der Waals surface area contributed by atoms with E-state index in [0.717, 1.165) is 30.8 Å². The summed E-state index contributed by atoms with van der Waals surface area (Å²) in [6.45, 7) is 5.19. The lowest BCUT2D eigenvalue weighted by Gasteiger charge is -2.28. The fourth-order valence-electron chi connectivity index (χ4n) is 2.80. The Labute approximate surface area is 115 Å². The van der Waals surface area contributed by atoms with Crippen LogP contribution in [0.2, 0.25) is 0 Å². The highest BCUT2D eigenvalue weighted by Gasteiger charge is 2.25. The highest BCUT2D eigenvalue weighted by Crippen LogP contribution is 2.37. The van der Waals surface area contributed by atoms with Crippen molar-refractivity contribution >= 4 is 0 Å². The number of hydrogen-bond donors (Lipinski definition) is 1. The molecule has 0 heterocycles. The fraction of sp³-hybridized carbons (Fsp3) is 0.625. The lowest BCUT2D eigenvalue weighted by atomic mass is 9.81. The van der Waals surface area contributed by atoms with Crippen molar-refractivity contribution in [3.8, 4) is 11.5 Å². The van der Waals surface area contributed by atoms with Crippen LogP contribution >= 0.6 is 0 Å². The first-order valence-electron chi connectivity index (χ1n) is 7.33. The Morgan fingerprint density at radius 1 is 1.05 bits per heavy atom. The normalized spacial score (nSPS) is 23.1. The summed E-state index contributed by atoms with van der Waals surface area (Å²) in [6.07, 6.45) is 4.07. The Balaban J connectivity index is 2.23. The van der Waals surface area contributed by atoms with Crippen LogP contribution in [0.5, 0.6) is 11.5 Å². The maximum Gasteiger partial charge on any atom is 0.161 e. The molecular weight excluding hydrogens is 240 g/mol. The minimum Gasteiger partial charge on any atom is -0.490 e. The van der Waals surface area contributed by atoms with E-state index < -0.39 is 0 Å². The lowest BCUT2D eigenvalue weighted by Crippen LogP contribution is -2.22. The summed E-state index contributed by atoms with van der Waals surface area (Å²) in [4.78, 5) is 0. The van der Waals surface area contributed by atoms with Crippen LogP contribution in [0, 0.1) is 0 Å². The van der Waals surface area contributed by atoms with Crippen molar-refractivity contribution < 1.29 is 14.6 Å². The number of rotatable bonds is 5. The molecule has 1 aliphatic rings. The van der Waals surface area contributed by atoms with Gasteiger partial charge in [0.15, 0.2) is 11.5 Å². The van der Waals surface area contributed by atoms with Gasteiger partial charge < -0.3 is 14.6 Å². The van der Waals surface area contributed by atoms with Crippen LogP contribution in [0.25, 0.3) is 0 Å². The predicted octanol–water partition coefficient (Wildman–Crippen LogP) is 3.50. The summed E-state index contributed by atoms with van der Waals surface area (Å²) in [5.74, 6) is 1.82. The molecule has 0 amide bonds. The first kappa shape index (κ1) is 14.2. The molecule has 1 aromatic rings. The molecular formula is C16H24O3. The predicted molar refractivity (Wildman–Crippen MR) is 76.0 cm³/mol. The van der Waals surface area contributed by atoms with Crippen molar-refractivity contribution in [2.45, 2.75) is 51.6 Å². The van der Waals surface area contributed by atoms with E-state index in [4.69, 9.17) is 9.47 Å². The second-order valence-electron chi connectivity index (χ2n) is 5.03. The minimum atomic E-state index is -0.221. The molecule has 2 rings (SSSR count). The lowest BCUT2D eigenvalue weighted by molar-refractivity contribution is 0.106. The first-order chi connectivity index (χ1) is 9.26. The molecule has 106 valence electrons. The molecule has 1 saturated carbocycles. The molecule has 1 fully saturated rings. The van der Waals surface area contributed by atoms with Gasteiger partial charge in [-0.15, -0.1) is 0 Å². The van der Waals surface area contributed by atoms with Crippen LogP contribution in [-0.4, -0.2) is 24.4 Å². The zero-order chi connectivity index (χ0) is 13.7. The average Bonchev–Trinajstić information content (AvgIpc) is 2.42. The van der Waals surface area contributed by atoms with Gasteiger partial charge >= 0.3 is 0 Å². The molecule has 0 spiro atoms. The van der Waals surface area contributed by atoms with E-state index in [1.165, 1.54) is 12.0 Å². The molecule has 0 aliphatic heterocycles. The van der Waals surface area contributed by atoms with Crippen molar-refractivity contribution in [2.75, 3.05) is 13.2 Å². The fourth-order valence-corrected chi connectivity index (χ4v) is 2.80. The largest absolute Gasteiger partial charge is 0.490 e. The van der Waals surface area contributed by atoms with Crippen LogP contribution in [-0.2, 0) is 0 Å². The Hall–Kier alpha value is -1.22. The highest BCUT2D eigenvalue weighted by atomic mass is 16.5. The van der Waals surface area contributed by atoms with Gasteiger partial charge in [0.1, 0.15) is 0 Å². The van der Waals surface area contributed by atoms with Crippen molar-refractivity contribution in [1.82, 2.24) is 0 Å². The summed E-state index contributed by atoms with van der Waals surface area (Å²) in [7, 11) is 0.